The van der Waals surface area contributed by atoms with E-state index in [-0.39, 0.29) is 17.0 Å². The van der Waals surface area contributed by atoms with Gasteiger partial charge in [-0.3, -0.25) is 0 Å². The molecule has 0 aliphatic rings. The van der Waals surface area contributed by atoms with Gasteiger partial charge in [-0.05, 0) is 12.1 Å². The highest BCUT2D eigenvalue weighted by atomic mass is 79.9. The summed E-state index contributed by atoms with van der Waals surface area (Å²) in [6, 6.07) is 10.4. The highest BCUT2D eigenvalue weighted by Gasteiger charge is 1.85. The van der Waals surface area contributed by atoms with Crippen LogP contribution in [0.4, 0.5) is 0 Å². The van der Waals surface area contributed by atoms with Crippen molar-refractivity contribution >= 4 is 17.0 Å². The van der Waals surface area contributed by atoms with E-state index in [0.717, 1.165) is 13.1 Å². The van der Waals surface area contributed by atoms with Gasteiger partial charge in [0.1, 0.15) is 0 Å². The smallest absolute Gasteiger partial charge is 0.0205 e. The number of hydrogen-bond donors (Lipinski definition) is 1. The summed E-state index contributed by atoms with van der Waals surface area (Å²) in [5.41, 5.74) is 1.35. The van der Waals surface area contributed by atoms with Gasteiger partial charge >= 0.3 is 0 Å². The predicted molar refractivity (Wildman–Crippen MR) is 54.1 cm³/mol. The Morgan fingerprint density at radius 2 is 1.82 bits per heavy atom. The summed E-state index contributed by atoms with van der Waals surface area (Å²) in [5.74, 6) is 0. The van der Waals surface area contributed by atoms with Gasteiger partial charge in [0.25, 0.3) is 0 Å². The van der Waals surface area contributed by atoms with Gasteiger partial charge < -0.3 is 5.32 Å². The van der Waals surface area contributed by atoms with Crippen molar-refractivity contribution in [3.8, 4) is 0 Å². The molecule has 0 atom stereocenters. The first kappa shape index (κ1) is 10.7. The first-order chi connectivity index (χ1) is 4.93. The Morgan fingerprint density at radius 3 is 2.36 bits per heavy atom. The van der Waals surface area contributed by atoms with E-state index in [0.29, 0.717) is 0 Å². The predicted octanol–water partition coefficient (Wildman–Crippen LogP) is 2.37. The van der Waals surface area contributed by atoms with Crippen LogP contribution in [0.3, 0.4) is 0 Å². The zero-order valence-corrected chi connectivity index (χ0v) is 8.42. The molecular formula is C9H14BrN. The van der Waals surface area contributed by atoms with Crippen LogP contribution >= 0.6 is 17.0 Å². The monoisotopic (exact) mass is 215 g/mol. The van der Waals surface area contributed by atoms with E-state index in [1.165, 1.54) is 5.56 Å². The van der Waals surface area contributed by atoms with Crippen molar-refractivity contribution in [2.75, 3.05) is 6.54 Å². The van der Waals surface area contributed by atoms with E-state index >= 15 is 0 Å². The summed E-state index contributed by atoms with van der Waals surface area (Å²) >= 11 is 0. The molecule has 1 rings (SSSR count). The minimum atomic E-state index is 0. The lowest BCUT2D eigenvalue weighted by Crippen LogP contribution is -2.11. The lowest BCUT2D eigenvalue weighted by Gasteiger charge is -1.99. The number of rotatable bonds is 3. The molecule has 0 unspecified atom stereocenters. The van der Waals surface area contributed by atoms with Crippen LogP contribution < -0.4 is 5.32 Å². The molecular weight excluding hydrogens is 202 g/mol. The minimum Gasteiger partial charge on any atom is -0.313 e. The van der Waals surface area contributed by atoms with Crippen molar-refractivity contribution in [3.63, 3.8) is 0 Å². The van der Waals surface area contributed by atoms with E-state index < -0.39 is 0 Å². The molecule has 0 heterocycles. The SMILES string of the molecule is Br.CCNCc1ccccc1. The van der Waals surface area contributed by atoms with Crippen LogP contribution in [0.15, 0.2) is 30.3 Å². The molecule has 62 valence electrons. The molecule has 2 heteroatoms. The molecule has 0 aliphatic heterocycles. The van der Waals surface area contributed by atoms with Crippen molar-refractivity contribution < 1.29 is 0 Å². The maximum absolute atomic E-state index is 3.26. The van der Waals surface area contributed by atoms with Crippen molar-refractivity contribution in [2.45, 2.75) is 13.5 Å². The summed E-state index contributed by atoms with van der Waals surface area (Å²) in [5, 5.41) is 3.26. The number of hydrogen-bond acceptors (Lipinski definition) is 1. The van der Waals surface area contributed by atoms with E-state index in [9.17, 15) is 0 Å². The molecule has 0 aliphatic carbocycles. The second kappa shape index (κ2) is 6.38. The molecule has 1 aromatic rings. The summed E-state index contributed by atoms with van der Waals surface area (Å²) < 4.78 is 0. The fourth-order valence-electron chi connectivity index (χ4n) is 0.865. The normalized spacial score (nSPS) is 8.82. The Morgan fingerprint density at radius 1 is 1.18 bits per heavy atom. The van der Waals surface area contributed by atoms with Crippen LogP contribution in [0, 0.1) is 0 Å². The van der Waals surface area contributed by atoms with Crippen molar-refractivity contribution in [1.29, 1.82) is 0 Å². The van der Waals surface area contributed by atoms with Crippen LogP contribution in [0.2, 0.25) is 0 Å². The van der Waals surface area contributed by atoms with Crippen LogP contribution in [0.1, 0.15) is 12.5 Å². The van der Waals surface area contributed by atoms with Gasteiger partial charge in [-0.2, -0.15) is 0 Å². The molecule has 0 saturated carbocycles. The van der Waals surface area contributed by atoms with E-state index in [2.05, 4.69) is 36.5 Å². The molecule has 1 aromatic carbocycles. The molecule has 11 heavy (non-hydrogen) atoms. The lowest BCUT2D eigenvalue weighted by molar-refractivity contribution is 0.727. The molecule has 0 bridgehead atoms. The summed E-state index contributed by atoms with van der Waals surface area (Å²) in [7, 11) is 0. The Hall–Kier alpha value is -0.340. The van der Waals surface area contributed by atoms with Crippen LogP contribution in [0.5, 0.6) is 0 Å². The summed E-state index contributed by atoms with van der Waals surface area (Å²) in [6.45, 7) is 4.13. The van der Waals surface area contributed by atoms with Gasteiger partial charge in [0.15, 0.2) is 0 Å². The largest absolute Gasteiger partial charge is 0.313 e. The molecule has 0 aromatic heterocycles. The van der Waals surface area contributed by atoms with Gasteiger partial charge in [0.2, 0.25) is 0 Å². The third-order valence-electron chi connectivity index (χ3n) is 1.42. The number of benzene rings is 1. The number of nitrogens with one attached hydrogen (secondary N) is 1. The van der Waals surface area contributed by atoms with Crippen LogP contribution in [-0.2, 0) is 6.54 Å². The van der Waals surface area contributed by atoms with Gasteiger partial charge in [-0.25, -0.2) is 0 Å². The standard InChI is InChI=1S/C9H13N.BrH/c1-2-10-8-9-6-4-3-5-7-9;/h3-7,10H,2,8H2,1H3;1H. The van der Waals surface area contributed by atoms with E-state index in [1.54, 1.807) is 0 Å². The second-order valence-electron chi connectivity index (χ2n) is 2.27. The van der Waals surface area contributed by atoms with Gasteiger partial charge in [-0.1, -0.05) is 37.3 Å². The molecule has 1 N–H and O–H groups in total. The zero-order valence-electron chi connectivity index (χ0n) is 6.71. The van der Waals surface area contributed by atoms with Gasteiger partial charge in [-0.15, -0.1) is 17.0 Å². The average Bonchev–Trinajstić information content (AvgIpc) is 2.03. The Labute approximate surface area is 78.6 Å². The van der Waals surface area contributed by atoms with Crippen molar-refractivity contribution in [2.24, 2.45) is 0 Å². The van der Waals surface area contributed by atoms with Crippen LogP contribution in [0.25, 0.3) is 0 Å². The molecule has 1 nitrogen and oxygen atoms in total. The Kier molecular flexibility index (Phi) is 6.18. The van der Waals surface area contributed by atoms with Crippen molar-refractivity contribution in [1.82, 2.24) is 5.32 Å². The molecule has 0 radical (unpaired) electrons. The maximum atomic E-state index is 3.26. The highest BCUT2D eigenvalue weighted by Crippen LogP contribution is 1.96. The van der Waals surface area contributed by atoms with Gasteiger partial charge in [0, 0.05) is 6.54 Å². The van der Waals surface area contributed by atoms with Gasteiger partial charge in [0.05, 0.1) is 0 Å². The summed E-state index contributed by atoms with van der Waals surface area (Å²) in [6.07, 6.45) is 0. The number of halogens is 1. The fourth-order valence-corrected chi connectivity index (χ4v) is 0.865. The zero-order chi connectivity index (χ0) is 7.23. The molecule has 0 amide bonds. The molecule has 0 fully saturated rings. The van der Waals surface area contributed by atoms with Crippen LogP contribution in [-0.4, -0.2) is 6.54 Å². The third kappa shape index (κ3) is 4.17. The average molecular weight is 216 g/mol. The first-order valence-corrected chi connectivity index (χ1v) is 3.68. The highest BCUT2D eigenvalue weighted by molar-refractivity contribution is 8.93. The van der Waals surface area contributed by atoms with E-state index in [4.69, 9.17) is 0 Å². The lowest BCUT2D eigenvalue weighted by atomic mass is 10.2. The maximum Gasteiger partial charge on any atom is 0.0205 e. The Bertz CT molecular complexity index is 174. The van der Waals surface area contributed by atoms with Crippen molar-refractivity contribution in [3.05, 3.63) is 35.9 Å². The first-order valence-electron chi connectivity index (χ1n) is 3.68. The van der Waals surface area contributed by atoms with E-state index in [1.807, 2.05) is 6.07 Å². The topological polar surface area (TPSA) is 12.0 Å². The minimum absolute atomic E-state index is 0. The quantitative estimate of drug-likeness (QED) is 0.817. The molecule has 0 saturated heterocycles. The Balaban J connectivity index is 0.000001000. The summed E-state index contributed by atoms with van der Waals surface area (Å²) in [4.78, 5) is 0. The molecule has 0 spiro atoms. The fraction of sp³-hybridized carbons (Fsp3) is 0.333. The third-order valence-corrected chi connectivity index (χ3v) is 1.42. The second-order valence-corrected chi connectivity index (χ2v) is 2.27.